The summed E-state index contributed by atoms with van der Waals surface area (Å²) in [5.41, 5.74) is 1.90. The molecule has 4 rings (SSSR count). The van der Waals surface area contributed by atoms with Crippen molar-refractivity contribution in [3.63, 3.8) is 0 Å². The predicted molar refractivity (Wildman–Crippen MR) is 119 cm³/mol. The van der Waals surface area contributed by atoms with Gasteiger partial charge in [0, 0.05) is 22.8 Å². The summed E-state index contributed by atoms with van der Waals surface area (Å²) in [5.74, 6) is 0. The highest BCUT2D eigenvalue weighted by atomic mass is 32.2. The second-order valence-corrected chi connectivity index (χ2v) is 8.64. The molecule has 0 atom stereocenters. The van der Waals surface area contributed by atoms with Gasteiger partial charge in [0.15, 0.2) is 6.20 Å². The van der Waals surface area contributed by atoms with E-state index in [1.54, 1.807) is 0 Å². The lowest BCUT2D eigenvalue weighted by Gasteiger charge is -2.08. The normalized spacial score (nSPS) is 11.7. The number of rotatable bonds is 7. The molecule has 0 unspecified atom stereocenters. The quantitative estimate of drug-likeness (QED) is 0.216. The molecule has 0 aliphatic heterocycles. The number of nitrogens with zero attached hydrogens (tertiary/aromatic N) is 1. The maximum absolute atomic E-state index is 12.8. The van der Waals surface area contributed by atoms with Crippen molar-refractivity contribution >= 4 is 22.7 Å². The van der Waals surface area contributed by atoms with Crippen LogP contribution in [0.1, 0.15) is 24.0 Å². The van der Waals surface area contributed by atoms with Gasteiger partial charge in [-0.2, -0.15) is 17.7 Å². The molecule has 5 heteroatoms. The first-order valence-corrected chi connectivity index (χ1v) is 11.1. The molecule has 158 valence electrons. The van der Waals surface area contributed by atoms with E-state index in [2.05, 4.69) is 53.2 Å². The van der Waals surface area contributed by atoms with Gasteiger partial charge < -0.3 is 0 Å². The lowest BCUT2D eigenvalue weighted by Crippen LogP contribution is -2.34. The fourth-order valence-corrected chi connectivity index (χ4v) is 4.54. The number of halogens is 3. The van der Waals surface area contributed by atoms with E-state index < -0.39 is 11.7 Å². The molecular weight excluding hydrogens is 415 g/mol. The van der Waals surface area contributed by atoms with Gasteiger partial charge in [0.25, 0.3) is 0 Å². The third kappa shape index (κ3) is 5.67. The van der Waals surface area contributed by atoms with E-state index in [0.29, 0.717) is 0 Å². The van der Waals surface area contributed by atoms with Gasteiger partial charge in [-0.05, 0) is 54.8 Å². The fourth-order valence-electron chi connectivity index (χ4n) is 3.63. The Bertz CT molecular complexity index is 1140. The predicted octanol–water partition coefficient (Wildman–Crippen LogP) is 7.32. The smallest absolute Gasteiger partial charge is 0.197 e. The average molecular weight is 439 g/mol. The van der Waals surface area contributed by atoms with Gasteiger partial charge in [-0.15, -0.1) is 0 Å². The highest BCUT2D eigenvalue weighted by molar-refractivity contribution is 7.99. The van der Waals surface area contributed by atoms with Gasteiger partial charge in [-0.25, -0.2) is 0 Å². The van der Waals surface area contributed by atoms with Crippen LogP contribution in [0.3, 0.4) is 0 Å². The van der Waals surface area contributed by atoms with Crippen LogP contribution in [-0.2, 0) is 19.1 Å². The number of para-hydroxylation sites is 1. The summed E-state index contributed by atoms with van der Waals surface area (Å²) in [5, 5.41) is 1.13. The molecule has 0 radical (unpaired) electrons. The van der Waals surface area contributed by atoms with Crippen LogP contribution in [0.4, 0.5) is 13.2 Å². The molecule has 0 bridgehead atoms. The SMILES string of the molecule is FC(F)(F)c1ccc(Sc2cc3ccccc3[n+](CCCCc3ccccc3)c2)cc1. The molecule has 1 nitrogen and oxygen atoms in total. The van der Waals surface area contributed by atoms with Crippen LogP contribution >= 0.6 is 11.8 Å². The summed E-state index contributed by atoms with van der Waals surface area (Å²) in [6, 6.07) is 26.2. The molecule has 0 fully saturated rings. The van der Waals surface area contributed by atoms with Crippen LogP contribution in [0.5, 0.6) is 0 Å². The summed E-state index contributed by atoms with van der Waals surface area (Å²) in [6.07, 6.45) is 1.00. The van der Waals surface area contributed by atoms with E-state index in [1.165, 1.54) is 35.0 Å². The topological polar surface area (TPSA) is 3.88 Å². The zero-order chi connectivity index (χ0) is 21.7. The number of benzene rings is 3. The van der Waals surface area contributed by atoms with Gasteiger partial charge in [-0.1, -0.05) is 54.2 Å². The molecule has 3 aromatic carbocycles. The number of fused-ring (bicyclic) bond motifs is 1. The zero-order valence-corrected chi connectivity index (χ0v) is 17.8. The van der Waals surface area contributed by atoms with E-state index in [9.17, 15) is 13.2 Å². The molecule has 4 aromatic rings. The number of alkyl halides is 3. The van der Waals surface area contributed by atoms with Gasteiger partial charge in [0.2, 0.25) is 5.52 Å². The van der Waals surface area contributed by atoms with E-state index in [1.807, 2.05) is 18.2 Å². The Balaban J connectivity index is 1.49. The third-order valence-corrected chi connectivity index (χ3v) is 6.17. The van der Waals surface area contributed by atoms with E-state index in [0.717, 1.165) is 53.1 Å². The van der Waals surface area contributed by atoms with Crippen LogP contribution in [-0.4, -0.2) is 0 Å². The number of hydrogen-bond donors (Lipinski definition) is 0. The lowest BCUT2D eigenvalue weighted by atomic mass is 10.1. The molecule has 0 amide bonds. The van der Waals surface area contributed by atoms with Crippen molar-refractivity contribution in [3.05, 3.63) is 102 Å². The first kappa shape index (κ1) is 21.4. The Hall–Kier alpha value is -2.79. The van der Waals surface area contributed by atoms with Gasteiger partial charge in [0.05, 0.1) is 10.5 Å². The maximum atomic E-state index is 12.8. The number of aryl methyl sites for hydroxylation is 2. The monoisotopic (exact) mass is 438 g/mol. The van der Waals surface area contributed by atoms with E-state index >= 15 is 0 Å². The maximum Gasteiger partial charge on any atom is 0.416 e. The largest absolute Gasteiger partial charge is 0.416 e. The third-order valence-electron chi connectivity index (χ3n) is 5.20. The first-order valence-electron chi connectivity index (χ1n) is 10.3. The van der Waals surface area contributed by atoms with Gasteiger partial charge >= 0.3 is 6.18 Å². The Labute approximate surface area is 184 Å². The molecule has 0 saturated carbocycles. The molecule has 1 heterocycles. The average Bonchev–Trinajstić information content (AvgIpc) is 2.77. The Morgan fingerprint density at radius 1 is 0.742 bits per heavy atom. The Morgan fingerprint density at radius 3 is 2.19 bits per heavy atom. The van der Waals surface area contributed by atoms with Crippen molar-refractivity contribution < 1.29 is 17.7 Å². The van der Waals surface area contributed by atoms with E-state index in [4.69, 9.17) is 0 Å². The molecule has 0 aliphatic rings. The number of pyridine rings is 1. The van der Waals surface area contributed by atoms with Crippen molar-refractivity contribution in [2.24, 2.45) is 0 Å². The minimum atomic E-state index is -4.31. The standard InChI is InChI=1S/C26H23F3NS/c27-26(28,29)22-13-15-23(16-14-22)31-24-18-21-11-4-5-12-25(21)30(19-24)17-7-6-10-20-8-2-1-3-9-20/h1-5,8-9,11-16,18-19H,6-7,10,17H2/q+1. The van der Waals surface area contributed by atoms with Crippen molar-refractivity contribution in [2.45, 2.75) is 41.8 Å². The van der Waals surface area contributed by atoms with Crippen molar-refractivity contribution in [3.8, 4) is 0 Å². The van der Waals surface area contributed by atoms with Gasteiger partial charge in [-0.3, -0.25) is 0 Å². The van der Waals surface area contributed by atoms with Crippen LogP contribution in [0.25, 0.3) is 10.9 Å². The highest BCUT2D eigenvalue weighted by Gasteiger charge is 2.30. The van der Waals surface area contributed by atoms with Crippen LogP contribution in [0.2, 0.25) is 0 Å². The molecule has 0 aliphatic carbocycles. The zero-order valence-electron chi connectivity index (χ0n) is 17.0. The van der Waals surface area contributed by atoms with Crippen molar-refractivity contribution in [1.29, 1.82) is 0 Å². The molecule has 31 heavy (non-hydrogen) atoms. The number of hydrogen-bond acceptors (Lipinski definition) is 1. The Morgan fingerprint density at radius 2 is 1.45 bits per heavy atom. The molecular formula is C26H23F3NS+. The number of aromatic nitrogens is 1. The summed E-state index contributed by atoms with van der Waals surface area (Å²) in [4.78, 5) is 1.81. The van der Waals surface area contributed by atoms with Crippen molar-refractivity contribution in [1.82, 2.24) is 0 Å². The fraction of sp³-hybridized carbons (Fsp3) is 0.192. The highest BCUT2D eigenvalue weighted by Crippen LogP contribution is 2.33. The van der Waals surface area contributed by atoms with Crippen LogP contribution < -0.4 is 4.57 Å². The number of unbranched alkanes of at least 4 members (excludes halogenated alkanes) is 1. The summed E-state index contributed by atoms with van der Waals surface area (Å²) >= 11 is 1.48. The molecule has 0 saturated heterocycles. The summed E-state index contributed by atoms with van der Waals surface area (Å²) < 4.78 is 40.7. The van der Waals surface area contributed by atoms with E-state index in [-0.39, 0.29) is 0 Å². The molecule has 0 N–H and O–H groups in total. The minimum absolute atomic E-state index is 0.621. The lowest BCUT2D eigenvalue weighted by molar-refractivity contribution is -0.673. The van der Waals surface area contributed by atoms with Crippen molar-refractivity contribution in [2.75, 3.05) is 0 Å². The molecule has 1 aromatic heterocycles. The second kappa shape index (κ2) is 9.56. The van der Waals surface area contributed by atoms with Gasteiger partial charge in [0.1, 0.15) is 6.54 Å². The Kier molecular flexibility index (Phi) is 6.62. The summed E-state index contributed by atoms with van der Waals surface area (Å²) in [6.45, 7) is 0.898. The minimum Gasteiger partial charge on any atom is -0.197 e. The van der Waals surface area contributed by atoms with Crippen LogP contribution in [0.15, 0.2) is 101 Å². The summed E-state index contributed by atoms with van der Waals surface area (Å²) in [7, 11) is 0. The van der Waals surface area contributed by atoms with Crippen LogP contribution in [0, 0.1) is 0 Å². The molecule has 0 spiro atoms. The first-order chi connectivity index (χ1) is 15.0. The second-order valence-electron chi connectivity index (χ2n) is 7.49.